The number of hydrogen-bond donors (Lipinski definition) is 0. The summed E-state index contributed by atoms with van der Waals surface area (Å²) in [6, 6.07) is 5.09. The van der Waals surface area contributed by atoms with E-state index in [1.54, 1.807) is 18.2 Å². The molecule has 0 saturated heterocycles. The Morgan fingerprint density at radius 2 is 1.67 bits per heavy atom. The van der Waals surface area contributed by atoms with E-state index < -0.39 is 0 Å². The van der Waals surface area contributed by atoms with Crippen molar-refractivity contribution in [2.24, 2.45) is 0 Å². The molecule has 0 fully saturated rings. The molecule has 15 heavy (non-hydrogen) atoms. The second-order valence-electron chi connectivity index (χ2n) is 2.23. The van der Waals surface area contributed by atoms with Crippen LogP contribution in [0, 0.1) is 0 Å². The van der Waals surface area contributed by atoms with E-state index in [1.807, 2.05) is 27.7 Å². The van der Waals surface area contributed by atoms with Gasteiger partial charge in [0, 0.05) is 5.56 Å². The van der Waals surface area contributed by atoms with Gasteiger partial charge in [-0.15, -0.1) is 0 Å². The molecular formula is C12H18O3. The summed E-state index contributed by atoms with van der Waals surface area (Å²) < 4.78 is 10.1. The highest BCUT2D eigenvalue weighted by Crippen LogP contribution is 2.31. The summed E-state index contributed by atoms with van der Waals surface area (Å²) in [6.07, 6.45) is 0.780. The average Bonchev–Trinajstić information content (AvgIpc) is 2.81. The molecular weight excluding hydrogens is 192 g/mol. The Kier molecular flexibility index (Phi) is 7.06. The molecule has 1 heterocycles. The minimum absolute atomic E-state index is 0.248. The Morgan fingerprint density at radius 3 is 2.27 bits per heavy atom. The fraction of sp³-hybridized carbons (Fsp3) is 0.417. The maximum atomic E-state index is 10.3. The van der Waals surface area contributed by atoms with E-state index in [0.29, 0.717) is 17.1 Å². The van der Waals surface area contributed by atoms with Crippen molar-refractivity contribution in [1.29, 1.82) is 0 Å². The van der Waals surface area contributed by atoms with E-state index >= 15 is 0 Å². The summed E-state index contributed by atoms with van der Waals surface area (Å²) in [7, 11) is 0. The lowest BCUT2D eigenvalue weighted by Crippen LogP contribution is -1.92. The molecule has 0 spiro atoms. The fourth-order valence-corrected chi connectivity index (χ4v) is 0.986. The molecule has 2 rings (SSSR count). The van der Waals surface area contributed by atoms with Crippen molar-refractivity contribution < 1.29 is 14.3 Å². The van der Waals surface area contributed by atoms with Crippen molar-refractivity contribution in [2.75, 3.05) is 6.79 Å². The zero-order valence-electron chi connectivity index (χ0n) is 9.74. The number of ether oxygens (including phenoxy) is 2. The Labute approximate surface area is 91.0 Å². The van der Waals surface area contributed by atoms with Gasteiger partial charge in [-0.1, -0.05) is 27.7 Å². The first-order valence-corrected chi connectivity index (χ1v) is 5.25. The van der Waals surface area contributed by atoms with Gasteiger partial charge < -0.3 is 9.47 Å². The smallest absolute Gasteiger partial charge is 0.231 e. The first kappa shape index (κ1) is 13.5. The Hall–Kier alpha value is -1.51. The maximum Gasteiger partial charge on any atom is 0.231 e. The third-order valence-electron chi connectivity index (χ3n) is 1.53. The molecule has 0 aliphatic carbocycles. The van der Waals surface area contributed by atoms with Crippen LogP contribution in [0.5, 0.6) is 11.5 Å². The molecule has 0 atom stereocenters. The molecule has 0 unspecified atom stereocenters. The molecule has 0 aromatic heterocycles. The minimum Gasteiger partial charge on any atom is -0.454 e. The number of hydrogen-bond acceptors (Lipinski definition) is 3. The predicted molar refractivity (Wildman–Crippen MR) is 60.6 cm³/mol. The van der Waals surface area contributed by atoms with Crippen molar-refractivity contribution in [3.63, 3.8) is 0 Å². The molecule has 1 aromatic rings. The quantitative estimate of drug-likeness (QED) is 0.667. The highest BCUT2D eigenvalue weighted by Gasteiger charge is 2.12. The van der Waals surface area contributed by atoms with Crippen LogP contribution in [0.4, 0.5) is 0 Å². The van der Waals surface area contributed by atoms with Crippen molar-refractivity contribution in [3.05, 3.63) is 23.8 Å². The molecule has 0 radical (unpaired) electrons. The normalized spacial score (nSPS) is 10.4. The number of rotatable bonds is 1. The minimum atomic E-state index is 0.248. The average molecular weight is 210 g/mol. The zero-order valence-corrected chi connectivity index (χ0v) is 9.74. The highest BCUT2D eigenvalue weighted by molar-refractivity contribution is 5.76. The van der Waals surface area contributed by atoms with Crippen LogP contribution in [0.1, 0.15) is 38.1 Å². The SMILES string of the molecule is CC.CC.O=Cc1ccc2c(c1)OCO2. The highest BCUT2D eigenvalue weighted by atomic mass is 16.7. The Bertz CT molecular complexity index is 295. The summed E-state index contributed by atoms with van der Waals surface area (Å²) in [6.45, 7) is 8.25. The molecule has 1 aromatic carbocycles. The predicted octanol–water partition coefficient (Wildman–Crippen LogP) is 3.28. The molecule has 3 nitrogen and oxygen atoms in total. The largest absolute Gasteiger partial charge is 0.454 e. The number of benzene rings is 1. The summed E-state index contributed by atoms with van der Waals surface area (Å²) in [5.74, 6) is 1.35. The molecule has 84 valence electrons. The molecule has 1 aliphatic rings. The van der Waals surface area contributed by atoms with Crippen molar-refractivity contribution in [1.82, 2.24) is 0 Å². The lowest BCUT2D eigenvalue weighted by Gasteiger charge is -1.94. The summed E-state index contributed by atoms with van der Waals surface area (Å²) in [4.78, 5) is 10.3. The summed E-state index contributed by atoms with van der Waals surface area (Å²) >= 11 is 0. The van der Waals surface area contributed by atoms with Crippen LogP contribution in [-0.2, 0) is 0 Å². The molecule has 0 saturated carbocycles. The van der Waals surface area contributed by atoms with Gasteiger partial charge in [0.2, 0.25) is 6.79 Å². The van der Waals surface area contributed by atoms with Crippen LogP contribution in [0.3, 0.4) is 0 Å². The van der Waals surface area contributed by atoms with Gasteiger partial charge in [-0.3, -0.25) is 4.79 Å². The molecule has 3 heteroatoms. The molecule has 0 bridgehead atoms. The number of carbonyl (C=O) groups excluding carboxylic acids is 1. The van der Waals surface area contributed by atoms with Crippen LogP contribution < -0.4 is 9.47 Å². The van der Waals surface area contributed by atoms with Crippen LogP contribution in [0.2, 0.25) is 0 Å². The Morgan fingerprint density at radius 1 is 1.07 bits per heavy atom. The van der Waals surface area contributed by atoms with E-state index in [2.05, 4.69) is 0 Å². The van der Waals surface area contributed by atoms with Gasteiger partial charge in [0.25, 0.3) is 0 Å². The van der Waals surface area contributed by atoms with E-state index in [0.717, 1.165) is 6.29 Å². The molecule has 0 amide bonds. The van der Waals surface area contributed by atoms with Crippen LogP contribution in [0.25, 0.3) is 0 Å². The topological polar surface area (TPSA) is 35.5 Å². The fourth-order valence-electron chi connectivity index (χ4n) is 0.986. The third kappa shape index (κ3) is 3.62. The van der Waals surface area contributed by atoms with Gasteiger partial charge >= 0.3 is 0 Å². The van der Waals surface area contributed by atoms with E-state index in [4.69, 9.17) is 9.47 Å². The third-order valence-corrected chi connectivity index (χ3v) is 1.53. The van der Waals surface area contributed by atoms with Gasteiger partial charge in [0.15, 0.2) is 11.5 Å². The van der Waals surface area contributed by atoms with E-state index in [9.17, 15) is 4.79 Å². The monoisotopic (exact) mass is 210 g/mol. The first-order valence-electron chi connectivity index (χ1n) is 5.25. The first-order chi connectivity index (χ1) is 7.40. The number of carbonyl (C=O) groups is 1. The summed E-state index contributed by atoms with van der Waals surface area (Å²) in [5, 5.41) is 0. The van der Waals surface area contributed by atoms with E-state index in [-0.39, 0.29) is 6.79 Å². The van der Waals surface area contributed by atoms with Crippen LogP contribution in [-0.4, -0.2) is 13.1 Å². The maximum absolute atomic E-state index is 10.3. The second-order valence-corrected chi connectivity index (χ2v) is 2.23. The van der Waals surface area contributed by atoms with Gasteiger partial charge in [0.05, 0.1) is 0 Å². The van der Waals surface area contributed by atoms with Gasteiger partial charge in [-0.25, -0.2) is 0 Å². The molecule has 1 aliphatic heterocycles. The lowest BCUT2D eigenvalue weighted by atomic mass is 10.2. The van der Waals surface area contributed by atoms with Crippen LogP contribution in [0.15, 0.2) is 18.2 Å². The van der Waals surface area contributed by atoms with E-state index in [1.165, 1.54) is 0 Å². The zero-order chi connectivity index (χ0) is 11.7. The van der Waals surface area contributed by atoms with Crippen molar-refractivity contribution in [3.8, 4) is 11.5 Å². The number of fused-ring (bicyclic) bond motifs is 1. The van der Waals surface area contributed by atoms with Crippen molar-refractivity contribution >= 4 is 6.29 Å². The van der Waals surface area contributed by atoms with Gasteiger partial charge in [0.1, 0.15) is 6.29 Å². The van der Waals surface area contributed by atoms with Gasteiger partial charge in [-0.05, 0) is 18.2 Å². The van der Waals surface area contributed by atoms with Crippen LogP contribution >= 0.6 is 0 Å². The second kappa shape index (κ2) is 7.85. The summed E-state index contributed by atoms with van der Waals surface area (Å²) in [5.41, 5.74) is 0.606. The lowest BCUT2D eigenvalue weighted by molar-refractivity contribution is 0.112. The number of aldehydes is 1. The Balaban J connectivity index is 0.000000442. The standard InChI is InChI=1S/C8H6O3.2C2H6/c9-4-6-1-2-7-8(3-6)11-5-10-7;2*1-2/h1-4H,5H2;2*1-2H3. The van der Waals surface area contributed by atoms with Gasteiger partial charge in [-0.2, -0.15) is 0 Å². The molecule has 0 N–H and O–H groups in total. The van der Waals surface area contributed by atoms with Crippen molar-refractivity contribution in [2.45, 2.75) is 27.7 Å².